The van der Waals surface area contributed by atoms with Gasteiger partial charge < -0.3 is 8.92 Å². The van der Waals surface area contributed by atoms with Crippen LogP contribution in [-0.4, -0.2) is 13.9 Å². The van der Waals surface area contributed by atoms with Gasteiger partial charge in [0.2, 0.25) is 11.0 Å². The molecule has 9 heteroatoms. The van der Waals surface area contributed by atoms with E-state index in [1.165, 1.54) is 12.1 Å². The van der Waals surface area contributed by atoms with E-state index < -0.39 is 27.5 Å². The molecule has 0 aliphatic rings. The molecule has 1 aromatic heterocycles. The average molecular weight is 476 g/mol. The normalized spacial score (nSPS) is 13.2. The van der Waals surface area contributed by atoms with Crippen molar-refractivity contribution in [2.24, 2.45) is 7.05 Å². The van der Waals surface area contributed by atoms with Gasteiger partial charge in [-0.1, -0.05) is 43.3 Å². The molecule has 0 saturated heterocycles. The van der Waals surface area contributed by atoms with Crippen molar-refractivity contribution in [1.29, 1.82) is 0 Å². The Labute approximate surface area is 189 Å². The minimum atomic E-state index is -5.87. The molecular formula is C24H21F3NO4S+. The maximum absolute atomic E-state index is 13.1. The highest BCUT2D eigenvalue weighted by molar-refractivity contribution is 7.88. The van der Waals surface area contributed by atoms with Crippen molar-refractivity contribution in [3.05, 3.63) is 78.4 Å². The van der Waals surface area contributed by atoms with Gasteiger partial charge in [0.1, 0.15) is 18.9 Å². The Balaban J connectivity index is 2.04. The summed E-state index contributed by atoms with van der Waals surface area (Å²) < 4.78 is 75.8. The lowest BCUT2D eigenvalue weighted by Gasteiger charge is -2.22. The van der Waals surface area contributed by atoms with E-state index in [0.29, 0.717) is 23.3 Å². The van der Waals surface area contributed by atoms with Crippen LogP contribution in [0.1, 0.15) is 25.0 Å². The fourth-order valence-electron chi connectivity index (χ4n) is 3.91. The third-order valence-electron chi connectivity index (χ3n) is 5.39. The number of pyridine rings is 1. The maximum atomic E-state index is 13.1. The molecule has 1 heterocycles. The lowest BCUT2D eigenvalue weighted by molar-refractivity contribution is -0.617. The summed E-state index contributed by atoms with van der Waals surface area (Å²) in [5, 5.41) is 0.963. The fourth-order valence-corrected chi connectivity index (χ4v) is 4.38. The summed E-state index contributed by atoms with van der Waals surface area (Å²) in [6.45, 7) is 1.89. The smallest absolute Gasteiger partial charge is 0.486 e. The van der Waals surface area contributed by atoms with E-state index in [0.717, 1.165) is 10.9 Å². The summed E-state index contributed by atoms with van der Waals surface area (Å²) in [5.41, 5.74) is -3.68. The Morgan fingerprint density at radius 2 is 1.55 bits per heavy atom. The summed E-state index contributed by atoms with van der Waals surface area (Å²) >= 11 is 0. The Bertz CT molecular complexity index is 1420. The quantitative estimate of drug-likeness (QED) is 0.158. The third-order valence-corrected chi connectivity index (χ3v) is 6.35. The molecule has 0 fully saturated rings. The minimum absolute atomic E-state index is 0.245. The zero-order chi connectivity index (χ0) is 23.8. The van der Waals surface area contributed by atoms with Gasteiger partial charge in [0.05, 0.1) is 10.8 Å². The molecule has 3 aromatic carbocycles. The number of nitrogens with zero attached hydrogens (tertiary/aromatic N) is 1. The van der Waals surface area contributed by atoms with Crippen LogP contribution in [0, 0.1) is 0 Å². The van der Waals surface area contributed by atoms with Crippen molar-refractivity contribution in [1.82, 2.24) is 0 Å². The number of halogens is 3. The van der Waals surface area contributed by atoms with Crippen LogP contribution in [0.5, 0.6) is 11.5 Å². The molecule has 5 nitrogen and oxygen atoms in total. The molecule has 4 rings (SSSR count). The molecule has 0 bridgehead atoms. The van der Waals surface area contributed by atoms with Crippen LogP contribution in [0.15, 0.2) is 72.8 Å². The average Bonchev–Trinajstić information content (AvgIpc) is 2.78. The number of aromatic nitrogens is 1. The Morgan fingerprint density at radius 3 is 2.21 bits per heavy atom. The maximum Gasteiger partial charge on any atom is 0.534 e. The van der Waals surface area contributed by atoms with Crippen LogP contribution in [-0.2, 0) is 17.2 Å². The van der Waals surface area contributed by atoms with E-state index in [1.54, 1.807) is 29.8 Å². The number of hydrogen-bond donors (Lipinski definition) is 0. The second-order valence-corrected chi connectivity index (χ2v) is 8.99. The van der Waals surface area contributed by atoms with Gasteiger partial charge >= 0.3 is 15.6 Å². The highest BCUT2D eigenvalue weighted by Crippen LogP contribution is 2.40. The van der Waals surface area contributed by atoms with Gasteiger partial charge in [-0.3, -0.25) is 0 Å². The van der Waals surface area contributed by atoms with E-state index in [4.69, 9.17) is 4.74 Å². The molecule has 0 radical (unpaired) electrons. The third kappa shape index (κ3) is 4.20. The molecule has 1 atom stereocenters. The van der Waals surface area contributed by atoms with Crippen molar-refractivity contribution in [3.63, 3.8) is 0 Å². The zero-order valence-electron chi connectivity index (χ0n) is 17.8. The van der Waals surface area contributed by atoms with E-state index in [9.17, 15) is 21.6 Å². The predicted molar refractivity (Wildman–Crippen MR) is 118 cm³/mol. The molecule has 1 unspecified atom stereocenters. The fraction of sp³-hybridized carbons (Fsp3) is 0.208. The van der Waals surface area contributed by atoms with Crippen molar-refractivity contribution in [2.75, 3.05) is 0 Å². The SMILES string of the molecule is CCC(Oc1ccccc1)c1c2ccccc2[n+](C)c2cccc(OS(=O)(=O)C(F)(F)F)c12. The lowest BCUT2D eigenvalue weighted by Crippen LogP contribution is -2.32. The monoisotopic (exact) mass is 476 g/mol. The summed E-state index contributed by atoms with van der Waals surface area (Å²) in [5.74, 6) is 0.174. The first kappa shape index (κ1) is 22.8. The Kier molecular flexibility index (Phi) is 5.92. The molecule has 172 valence electrons. The molecule has 0 amide bonds. The van der Waals surface area contributed by atoms with Crippen LogP contribution < -0.4 is 13.5 Å². The van der Waals surface area contributed by atoms with Gasteiger partial charge in [-0.25, -0.2) is 0 Å². The number of ether oxygens (including phenoxy) is 1. The molecule has 0 saturated carbocycles. The zero-order valence-corrected chi connectivity index (χ0v) is 18.7. The number of fused-ring (bicyclic) bond motifs is 2. The van der Waals surface area contributed by atoms with Crippen LogP contribution >= 0.6 is 0 Å². The van der Waals surface area contributed by atoms with Gasteiger partial charge in [-0.15, -0.1) is 0 Å². The van der Waals surface area contributed by atoms with Gasteiger partial charge in [-0.2, -0.15) is 26.2 Å². The predicted octanol–water partition coefficient (Wildman–Crippen LogP) is 5.58. The number of benzene rings is 3. The molecule has 0 N–H and O–H groups in total. The molecule has 4 aromatic rings. The highest BCUT2D eigenvalue weighted by atomic mass is 32.2. The van der Waals surface area contributed by atoms with Crippen LogP contribution in [0.3, 0.4) is 0 Å². The molecule has 0 aliphatic carbocycles. The number of para-hydroxylation sites is 2. The largest absolute Gasteiger partial charge is 0.534 e. The van der Waals surface area contributed by atoms with Gasteiger partial charge in [0, 0.05) is 17.7 Å². The van der Waals surface area contributed by atoms with E-state index >= 15 is 0 Å². The van der Waals surface area contributed by atoms with Crippen LogP contribution in [0.4, 0.5) is 13.2 Å². The van der Waals surface area contributed by atoms with Crippen molar-refractivity contribution < 1.29 is 35.1 Å². The van der Waals surface area contributed by atoms with Crippen LogP contribution in [0.2, 0.25) is 0 Å². The second kappa shape index (κ2) is 8.55. The second-order valence-electron chi connectivity index (χ2n) is 7.45. The molecular weight excluding hydrogens is 455 g/mol. The number of rotatable bonds is 6. The topological polar surface area (TPSA) is 56.5 Å². The van der Waals surface area contributed by atoms with Crippen LogP contribution in [0.25, 0.3) is 21.8 Å². The first-order valence-electron chi connectivity index (χ1n) is 10.2. The number of aryl methyl sites for hydroxylation is 1. The summed E-state index contributed by atoms with van der Waals surface area (Å²) in [7, 11) is -4.11. The Hall–Kier alpha value is -3.33. The minimum Gasteiger partial charge on any atom is -0.486 e. The van der Waals surface area contributed by atoms with Gasteiger partial charge in [0.25, 0.3) is 0 Å². The highest BCUT2D eigenvalue weighted by Gasteiger charge is 2.49. The Morgan fingerprint density at radius 1 is 0.909 bits per heavy atom. The van der Waals surface area contributed by atoms with Crippen molar-refractivity contribution >= 4 is 31.9 Å². The summed E-state index contributed by atoms with van der Waals surface area (Å²) in [4.78, 5) is 0. The molecule has 0 aliphatic heterocycles. The summed E-state index contributed by atoms with van der Waals surface area (Å²) in [6.07, 6.45) is -0.110. The van der Waals surface area contributed by atoms with Crippen molar-refractivity contribution in [3.8, 4) is 11.5 Å². The van der Waals surface area contributed by atoms with Crippen molar-refractivity contribution in [2.45, 2.75) is 25.0 Å². The summed E-state index contributed by atoms with van der Waals surface area (Å²) in [6, 6.07) is 20.8. The van der Waals surface area contributed by atoms with Gasteiger partial charge in [0.15, 0.2) is 5.75 Å². The number of hydrogen-bond acceptors (Lipinski definition) is 4. The first-order chi connectivity index (χ1) is 15.6. The van der Waals surface area contributed by atoms with Gasteiger partial charge in [-0.05, 0) is 30.7 Å². The molecule has 33 heavy (non-hydrogen) atoms. The van der Waals surface area contributed by atoms with E-state index in [2.05, 4.69) is 4.18 Å². The first-order valence-corrected chi connectivity index (χ1v) is 11.6. The van der Waals surface area contributed by atoms with E-state index in [-0.39, 0.29) is 5.39 Å². The molecule has 0 spiro atoms. The lowest BCUT2D eigenvalue weighted by atomic mass is 9.95. The van der Waals surface area contributed by atoms with E-state index in [1.807, 2.05) is 49.4 Å². The standard InChI is InChI=1S/C24H21F3NO4S/c1-3-20(31-16-10-5-4-6-11-16)22-17-12-7-8-13-18(17)28(2)19-14-9-15-21(23(19)22)32-33(29,30)24(25,26)27/h4-15,20H,3H2,1-2H3/q+1. The number of alkyl halides is 3.